The van der Waals surface area contributed by atoms with Gasteiger partial charge in [-0.3, -0.25) is 0 Å². The van der Waals surface area contributed by atoms with Gasteiger partial charge in [-0.15, -0.1) is 11.6 Å². The molecule has 1 aromatic carbocycles. The Hall–Kier alpha value is -0.680. The molecule has 19 heavy (non-hydrogen) atoms. The summed E-state index contributed by atoms with van der Waals surface area (Å²) in [6.45, 7) is 0. The summed E-state index contributed by atoms with van der Waals surface area (Å²) in [5, 5.41) is 0. The minimum Gasteiger partial charge on any atom is -0.229 e. The SMILES string of the molecule is O=S1(=O)CCC(C(CCl)Cc2cc(F)cc(F)c2)C1. The first kappa shape index (κ1) is 14.7. The Labute approximate surface area is 116 Å². The maximum absolute atomic E-state index is 13.1. The highest BCUT2D eigenvalue weighted by molar-refractivity contribution is 7.91. The van der Waals surface area contributed by atoms with Crippen molar-refractivity contribution in [1.82, 2.24) is 0 Å². The Kier molecular flexibility index (Phi) is 4.46. The van der Waals surface area contributed by atoms with Crippen LogP contribution in [0.4, 0.5) is 8.78 Å². The van der Waals surface area contributed by atoms with Crippen LogP contribution in [-0.4, -0.2) is 25.8 Å². The van der Waals surface area contributed by atoms with Gasteiger partial charge in [-0.05, 0) is 42.4 Å². The third kappa shape index (κ3) is 3.89. The van der Waals surface area contributed by atoms with E-state index in [-0.39, 0.29) is 29.2 Å². The van der Waals surface area contributed by atoms with Crippen molar-refractivity contribution in [1.29, 1.82) is 0 Å². The average molecular weight is 309 g/mol. The molecule has 106 valence electrons. The summed E-state index contributed by atoms with van der Waals surface area (Å²) in [4.78, 5) is 0. The second-order valence-electron chi connectivity index (χ2n) is 5.06. The first-order valence-electron chi connectivity index (χ1n) is 6.11. The maximum Gasteiger partial charge on any atom is 0.150 e. The van der Waals surface area contributed by atoms with Crippen molar-refractivity contribution in [3.8, 4) is 0 Å². The van der Waals surface area contributed by atoms with Crippen molar-refractivity contribution in [2.75, 3.05) is 17.4 Å². The number of hydrogen-bond donors (Lipinski definition) is 0. The molecule has 2 nitrogen and oxygen atoms in total. The molecule has 0 spiro atoms. The van der Waals surface area contributed by atoms with Crippen molar-refractivity contribution in [3.63, 3.8) is 0 Å². The molecule has 0 radical (unpaired) electrons. The zero-order valence-electron chi connectivity index (χ0n) is 10.3. The van der Waals surface area contributed by atoms with E-state index in [1.54, 1.807) is 0 Å². The number of hydrogen-bond acceptors (Lipinski definition) is 2. The second kappa shape index (κ2) is 5.75. The van der Waals surface area contributed by atoms with Crippen molar-refractivity contribution < 1.29 is 17.2 Å². The van der Waals surface area contributed by atoms with Gasteiger partial charge in [-0.25, -0.2) is 17.2 Å². The lowest BCUT2D eigenvalue weighted by atomic mass is 9.88. The molecule has 0 aliphatic carbocycles. The molecule has 0 amide bonds. The normalized spacial score (nSPS) is 23.4. The molecule has 1 fully saturated rings. The van der Waals surface area contributed by atoms with E-state index in [0.29, 0.717) is 18.4 Å². The lowest BCUT2D eigenvalue weighted by molar-refractivity contribution is 0.396. The van der Waals surface area contributed by atoms with Crippen LogP contribution in [-0.2, 0) is 16.3 Å². The molecule has 6 heteroatoms. The highest BCUT2D eigenvalue weighted by atomic mass is 35.5. The van der Waals surface area contributed by atoms with E-state index in [1.807, 2.05) is 0 Å². The maximum atomic E-state index is 13.1. The van der Waals surface area contributed by atoms with Crippen LogP contribution in [0.1, 0.15) is 12.0 Å². The minimum atomic E-state index is -2.97. The molecule has 1 aromatic rings. The fourth-order valence-electron chi connectivity index (χ4n) is 2.57. The van der Waals surface area contributed by atoms with Gasteiger partial charge in [0, 0.05) is 11.9 Å². The highest BCUT2D eigenvalue weighted by Crippen LogP contribution is 2.29. The molecule has 2 unspecified atom stereocenters. The molecular weight excluding hydrogens is 294 g/mol. The number of rotatable bonds is 4. The van der Waals surface area contributed by atoms with E-state index in [9.17, 15) is 17.2 Å². The minimum absolute atomic E-state index is 0.0196. The lowest BCUT2D eigenvalue weighted by Crippen LogP contribution is -2.20. The summed E-state index contributed by atoms with van der Waals surface area (Å²) in [5.74, 6) is -0.734. The van der Waals surface area contributed by atoms with Gasteiger partial charge in [0.05, 0.1) is 11.5 Å². The highest BCUT2D eigenvalue weighted by Gasteiger charge is 2.33. The first-order valence-corrected chi connectivity index (χ1v) is 8.46. The van der Waals surface area contributed by atoms with Crippen molar-refractivity contribution in [2.24, 2.45) is 11.8 Å². The zero-order valence-corrected chi connectivity index (χ0v) is 11.9. The standard InChI is InChI=1S/C13H15ClF2O2S/c14-7-11(10-1-2-19(17,18)8-10)3-9-4-12(15)6-13(16)5-9/h4-6,10-11H,1-3,7-8H2. The molecule has 0 saturated carbocycles. The Balaban J connectivity index is 2.11. The fraction of sp³-hybridized carbons (Fsp3) is 0.538. The van der Waals surface area contributed by atoms with Gasteiger partial charge in [-0.2, -0.15) is 0 Å². The number of sulfone groups is 1. The summed E-state index contributed by atoms with van der Waals surface area (Å²) < 4.78 is 49.1. The number of halogens is 3. The van der Waals surface area contributed by atoms with E-state index in [0.717, 1.165) is 6.07 Å². The molecule has 1 aliphatic heterocycles. The number of benzene rings is 1. The van der Waals surface area contributed by atoms with Crippen LogP contribution in [0.5, 0.6) is 0 Å². The van der Waals surface area contributed by atoms with Crippen LogP contribution in [0.25, 0.3) is 0 Å². The molecule has 1 aliphatic rings. The Morgan fingerprint density at radius 2 is 1.89 bits per heavy atom. The fourth-order valence-corrected chi connectivity index (χ4v) is 4.86. The van der Waals surface area contributed by atoms with Crippen LogP contribution < -0.4 is 0 Å². The molecule has 0 aromatic heterocycles. The van der Waals surface area contributed by atoms with Crippen LogP contribution in [0.2, 0.25) is 0 Å². The molecule has 0 N–H and O–H groups in total. The molecule has 2 atom stereocenters. The van der Waals surface area contributed by atoms with Crippen LogP contribution in [0.15, 0.2) is 18.2 Å². The van der Waals surface area contributed by atoms with Crippen molar-refractivity contribution in [2.45, 2.75) is 12.8 Å². The Bertz CT molecular complexity index is 540. The summed E-state index contributed by atoms with van der Waals surface area (Å²) in [7, 11) is -2.97. The average Bonchev–Trinajstić information content (AvgIpc) is 2.65. The molecule has 1 heterocycles. The van der Waals surface area contributed by atoms with Crippen LogP contribution in [0, 0.1) is 23.5 Å². The van der Waals surface area contributed by atoms with Gasteiger partial charge >= 0.3 is 0 Å². The van der Waals surface area contributed by atoms with Crippen LogP contribution in [0.3, 0.4) is 0 Å². The van der Waals surface area contributed by atoms with Gasteiger partial charge in [0.25, 0.3) is 0 Å². The van der Waals surface area contributed by atoms with E-state index in [2.05, 4.69) is 0 Å². The van der Waals surface area contributed by atoms with E-state index < -0.39 is 21.5 Å². The molecule has 2 rings (SSSR count). The van der Waals surface area contributed by atoms with E-state index in [1.165, 1.54) is 12.1 Å². The number of alkyl halides is 1. The summed E-state index contributed by atoms with van der Waals surface area (Å²) >= 11 is 5.89. The second-order valence-corrected chi connectivity index (χ2v) is 7.60. The van der Waals surface area contributed by atoms with E-state index in [4.69, 9.17) is 11.6 Å². The molecular formula is C13H15ClF2O2S. The summed E-state index contributed by atoms with van der Waals surface area (Å²) in [6.07, 6.45) is 0.982. The predicted molar refractivity (Wildman–Crippen MR) is 71.0 cm³/mol. The predicted octanol–water partition coefficient (Wildman–Crippen LogP) is 2.80. The smallest absolute Gasteiger partial charge is 0.150 e. The summed E-state index contributed by atoms with van der Waals surface area (Å²) in [6, 6.07) is 3.36. The van der Waals surface area contributed by atoms with Crippen LogP contribution >= 0.6 is 11.6 Å². The van der Waals surface area contributed by atoms with Gasteiger partial charge in [0.15, 0.2) is 9.84 Å². The topological polar surface area (TPSA) is 34.1 Å². The van der Waals surface area contributed by atoms with Gasteiger partial charge in [0.1, 0.15) is 11.6 Å². The molecule has 0 bridgehead atoms. The first-order chi connectivity index (χ1) is 8.89. The summed E-state index contributed by atoms with van der Waals surface area (Å²) in [5.41, 5.74) is 0.521. The Morgan fingerprint density at radius 1 is 1.26 bits per heavy atom. The van der Waals surface area contributed by atoms with Gasteiger partial charge in [-0.1, -0.05) is 0 Å². The van der Waals surface area contributed by atoms with E-state index >= 15 is 0 Å². The molecule has 1 saturated heterocycles. The third-order valence-corrected chi connectivity index (χ3v) is 5.74. The largest absolute Gasteiger partial charge is 0.229 e. The quantitative estimate of drug-likeness (QED) is 0.802. The lowest BCUT2D eigenvalue weighted by Gasteiger charge is -2.20. The monoisotopic (exact) mass is 308 g/mol. The third-order valence-electron chi connectivity index (χ3n) is 3.55. The van der Waals surface area contributed by atoms with Gasteiger partial charge in [0.2, 0.25) is 0 Å². The van der Waals surface area contributed by atoms with Crippen molar-refractivity contribution in [3.05, 3.63) is 35.4 Å². The Morgan fingerprint density at radius 3 is 2.37 bits per heavy atom. The van der Waals surface area contributed by atoms with Gasteiger partial charge < -0.3 is 0 Å². The zero-order chi connectivity index (χ0) is 14.0. The van der Waals surface area contributed by atoms with Crippen molar-refractivity contribution >= 4 is 21.4 Å².